The highest BCUT2D eigenvalue weighted by Crippen LogP contribution is 2.18. The molecule has 0 saturated heterocycles. The van der Waals surface area contributed by atoms with Crippen LogP contribution in [0.25, 0.3) is 0 Å². The van der Waals surface area contributed by atoms with Gasteiger partial charge < -0.3 is 15.0 Å². The first kappa shape index (κ1) is 16.0. The lowest BCUT2D eigenvalue weighted by Gasteiger charge is -2.11. The van der Waals surface area contributed by atoms with E-state index in [2.05, 4.69) is 10.3 Å². The fraction of sp³-hybridized carbons (Fsp3) is 0.286. The molecule has 0 atom stereocenters. The standard InChI is InChI=1S/C14H14F3N3O2/c15-14(16,17)9-20-6-5-19-12(20)8-18-7-10-1-3-11(4-2-10)13(21)22/h1-6,18H,7-9H2,(H,21,22). The summed E-state index contributed by atoms with van der Waals surface area (Å²) >= 11 is 0. The van der Waals surface area contributed by atoms with E-state index < -0.39 is 18.7 Å². The number of hydrogen-bond donors (Lipinski definition) is 2. The van der Waals surface area contributed by atoms with Gasteiger partial charge in [0.2, 0.25) is 0 Å². The van der Waals surface area contributed by atoms with Crippen LogP contribution in [-0.2, 0) is 19.6 Å². The van der Waals surface area contributed by atoms with Crippen LogP contribution >= 0.6 is 0 Å². The van der Waals surface area contributed by atoms with Crippen molar-refractivity contribution in [2.75, 3.05) is 0 Å². The van der Waals surface area contributed by atoms with Gasteiger partial charge >= 0.3 is 12.1 Å². The van der Waals surface area contributed by atoms with Crippen LogP contribution in [0.2, 0.25) is 0 Å². The summed E-state index contributed by atoms with van der Waals surface area (Å²) in [7, 11) is 0. The minimum absolute atomic E-state index is 0.184. The molecule has 0 saturated carbocycles. The van der Waals surface area contributed by atoms with Gasteiger partial charge in [-0.1, -0.05) is 12.1 Å². The summed E-state index contributed by atoms with van der Waals surface area (Å²) < 4.78 is 38.2. The number of nitrogens with one attached hydrogen (secondary N) is 1. The van der Waals surface area contributed by atoms with Crippen LogP contribution in [0.1, 0.15) is 21.7 Å². The Kier molecular flexibility index (Phi) is 4.81. The fourth-order valence-electron chi connectivity index (χ4n) is 1.93. The maximum absolute atomic E-state index is 12.4. The second-order valence-corrected chi connectivity index (χ2v) is 4.69. The van der Waals surface area contributed by atoms with Crippen LogP contribution in [0.5, 0.6) is 0 Å². The zero-order valence-corrected chi connectivity index (χ0v) is 11.5. The molecule has 118 valence electrons. The highest BCUT2D eigenvalue weighted by Gasteiger charge is 2.28. The van der Waals surface area contributed by atoms with Crippen molar-refractivity contribution in [1.29, 1.82) is 0 Å². The van der Waals surface area contributed by atoms with Gasteiger partial charge in [0.05, 0.1) is 12.1 Å². The Morgan fingerprint density at radius 2 is 1.91 bits per heavy atom. The molecule has 2 rings (SSSR count). The number of carboxylic acid groups (broad SMARTS) is 1. The average molecular weight is 313 g/mol. The Morgan fingerprint density at radius 1 is 1.23 bits per heavy atom. The first-order valence-corrected chi connectivity index (χ1v) is 6.45. The van der Waals surface area contributed by atoms with Crippen LogP contribution < -0.4 is 5.32 Å². The maximum atomic E-state index is 12.4. The van der Waals surface area contributed by atoms with E-state index in [0.717, 1.165) is 10.1 Å². The van der Waals surface area contributed by atoms with Crippen LogP contribution in [-0.4, -0.2) is 26.8 Å². The molecule has 2 N–H and O–H groups in total. The molecule has 0 aliphatic heterocycles. The Balaban J connectivity index is 1.89. The lowest BCUT2D eigenvalue weighted by Crippen LogP contribution is -2.22. The van der Waals surface area contributed by atoms with Gasteiger partial charge in [-0.05, 0) is 17.7 Å². The summed E-state index contributed by atoms with van der Waals surface area (Å²) in [5, 5.41) is 11.8. The molecule has 0 amide bonds. The zero-order chi connectivity index (χ0) is 16.2. The molecule has 8 heteroatoms. The van der Waals surface area contributed by atoms with Crippen molar-refractivity contribution in [2.24, 2.45) is 0 Å². The predicted molar refractivity (Wildman–Crippen MR) is 72.2 cm³/mol. The van der Waals surface area contributed by atoms with Gasteiger partial charge in [-0.15, -0.1) is 0 Å². The number of carboxylic acids is 1. The third kappa shape index (κ3) is 4.59. The Bertz CT molecular complexity index is 636. The Labute approximate surface area is 124 Å². The SMILES string of the molecule is O=C(O)c1ccc(CNCc2nccn2CC(F)(F)F)cc1. The number of benzene rings is 1. The molecule has 22 heavy (non-hydrogen) atoms. The molecule has 0 bridgehead atoms. The molecular weight excluding hydrogens is 299 g/mol. The van der Waals surface area contributed by atoms with Crippen molar-refractivity contribution < 1.29 is 23.1 Å². The van der Waals surface area contributed by atoms with Crippen molar-refractivity contribution in [3.05, 3.63) is 53.6 Å². The smallest absolute Gasteiger partial charge is 0.406 e. The number of rotatable bonds is 6. The molecule has 1 heterocycles. The van der Waals surface area contributed by atoms with Crippen LogP contribution in [0.3, 0.4) is 0 Å². The second-order valence-electron chi connectivity index (χ2n) is 4.69. The molecule has 1 aromatic carbocycles. The van der Waals surface area contributed by atoms with E-state index in [4.69, 9.17) is 5.11 Å². The molecule has 5 nitrogen and oxygen atoms in total. The second kappa shape index (κ2) is 6.61. The summed E-state index contributed by atoms with van der Waals surface area (Å²) in [6, 6.07) is 6.26. The van der Waals surface area contributed by atoms with E-state index in [9.17, 15) is 18.0 Å². The molecular formula is C14H14F3N3O2. The first-order valence-electron chi connectivity index (χ1n) is 6.45. The average Bonchev–Trinajstić information content (AvgIpc) is 2.84. The van der Waals surface area contributed by atoms with Crippen molar-refractivity contribution >= 4 is 5.97 Å². The van der Waals surface area contributed by atoms with Crippen LogP contribution in [0.4, 0.5) is 13.2 Å². The van der Waals surface area contributed by atoms with Crippen molar-refractivity contribution in [3.63, 3.8) is 0 Å². The lowest BCUT2D eigenvalue weighted by atomic mass is 10.1. The largest absolute Gasteiger partial charge is 0.478 e. The zero-order valence-electron chi connectivity index (χ0n) is 11.5. The van der Waals surface area contributed by atoms with E-state index in [-0.39, 0.29) is 12.1 Å². The van der Waals surface area contributed by atoms with E-state index in [0.29, 0.717) is 12.4 Å². The number of alkyl halides is 3. The van der Waals surface area contributed by atoms with Gasteiger partial charge in [-0.2, -0.15) is 13.2 Å². The van der Waals surface area contributed by atoms with Gasteiger partial charge in [0, 0.05) is 18.9 Å². The molecule has 0 aliphatic carbocycles. The molecule has 1 aromatic heterocycles. The molecule has 0 unspecified atom stereocenters. The summed E-state index contributed by atoms with van der Waals surface area (Å²) in [5.41, 5.74) is 1.02. The minimum Gasteiger partial charge on any atom is -0.478 e. The lowest BCUT2D eigenvalue weighted by molar-refractivity contribution is -0.141. The number of imidazole rings is 1. The third-order valence-electron chi connectivity index (χ3n) is 2.96. The van der Waals surface area contributed by atoms with Gasteiger partial charge in [0.1, 0.15) is 12.4 Å². The maximum Gasteiger partial charge on any atom is 0.406 e. The van der Waals surface area contributed by atoms with Gasteiger partial charge in [-0.25, -0.2) is 9.78 Å². The van der Waals surface area contributed by atoms with E-state index in [1.165, 1.54) is 24.5 Å². The van der Waals surface area contributed by atoms with Crippen molar-refractivity contribution in [3.8, 4) is 0 Å². The van der Waals surface area contributed by atoms with E-state index in [1.807, 2.05) is 0 Å². The number of aromatic nitrogens is 2. The van der Waals surface area contributed by atoms with Crippen molar-refractivity contribution in [2.45, 2.75) is 25.8 Å². The number of hydrogen-bond acceptors (Lipinski definition) is 3. The van der Waals surface area contributed by atoms with E-state index in [1.54, 1.807) is 12.1 Å². The molecule has 0 fully saturated rings. The number of carbonyl (C=O) groups is 1. The van der Waals surface area contributed by atoms with Gasteiger partial charge in [-0.3, -0.25) is 0 Å². The number of nitrogens with zero attached hydrogens (tertiary/aromatic N) is 2. The Hall–Kier alpha value is -2.35. The molecule has 0 radical (unpaired) electrons. The summed E-state index contributed by atoms with van der Waals surface area (Å²) in [6.07, 6.45) is -1.68. The monoisotopic (exact) mass is 313 g/mol. The van der Waals surface area contributed by atoms with Crippen LogP contribution in [0.15, 0.2) is 36.7 Å². The summed E-state index contributed by atoms with van der Waals surface area (Å²) in [4.78, 5) is 14.6. The molecule has 0 spiro atoms. The third-order valence-corrected chi connectivity index (χ3v) is 2.96. The predicted octanol–water partition coefficient (Wildman–Crippen LogP) is 2.43. The Morgan fingerprint density at radius 3 is 2.50 bits per heavy atom. The summed E-state index contributed by atoms with van der Waals surface area (Å²) in [6.45, 7) is -0.486. The minimum atomic E-state index is -4.29. The fourth-order valence-corrected chi connectivity index (χ4v) is 1.93. The van der Waals surface area contributed by atoms with Gasteiger partial charge in [0.25, 0.3) is 0 Å². The molecule has 2 aromatic rings. The first-order chi connectivity index (χ1) is 10.3. The van der Waals surface area contributed by atoms with Crippen molar-refractivity contribution in [1.82, 2.24) is 14.9 Å². The number of aromatic carboxylic acids is 1. The normalized spacial score (nSPS) is 11.6. The highest BCUT2D eigenvalue weighted by molar-refractivity contribution is 5.87. The van der Waals surface area contributed by atoms with Gasteiger partial charge in [0.15, 0.2) is 0 Å². The highest BCUT2D eigenvalue weighted by atomic mass is 19.4. The number of halogens is 3. The summed E-state index contributed by atoms with van der Waals surface area (Å²) in [5.74, 6) is -0.715. The van der Waals surface area contributed by atoms with Crippen LogP contribution in [0, 0.1) is 0 Å². The quantitative estimate of drug-likeness (QED) is 0.859. The topological polar surface area (TPSA) is 67.2 Å². The molecule has 0 aliphatic rings. The van der Waals surface area contributed by atoms with E-state index >= 15 is 0 Å².